The number of hydrogen-bond acceptors (Lipinski definition) is 4. The Morgan fingerprint density at radius 3 is 2.77 bits per heavy atom. The van der Waals surface area contributed by atoms with E-state index in [9.17, 15) is 4.79 Å². The minimum Gasteiger partial charge on any atom is -0.368 e. The second-order valence-corrected chi connectivity index (χ2v) is 6.99. The third-order valence-corrected chi connectivity index (χ3v) is 4.71. The van der Waals surface area contributed by atoms with E-state index in [1.165, 1.54) is 23.8 Å². The molecule has 0 radical (unpaired) electrons. The molecule has 0 aliphatic rings. The van der Waals surface area contributed by atoms with E-state index in [0.29, 0.717) is 22.8 Å². The fraction of sp³-hybridized carbons (Fsp3) is 0.421. The SMILES string of the molecule is CCCCCCCc1nc2nc(N)[nH]n2c(=O)c1Cc1cccc(Cl)c1. The van der Waals surface area contributed by atoms with Crippen LogP contribution in [0.4, 0.5) is 5.95 Å². The monoisotopic (exact) mass is 373 g/mol. The van der Waals surface area contributed by atoms with Crippen LogP contribution < -0.4 is 11.3 Å². The summed E-state index contributed by atoms with van der Waals surface area (Å²) in [5.41, 5.74) is 8.01. The largest absolute Gasteiger partial charge is 0.368 e. The van der Waals surface area contributed by atoms with Gasteiger partial charge in [-0.25, -0.2) is 4.98 Å². The van der Waals surface area contributed by atoms with E-state index in [2.05, 4.69) is 22.0 Å². The fourth-order valence-corrected chi connectivity index (χ4v) is 3.35. The summed E-state index contributed by atoms with van der Waals surface area (Å²) in [6.45, 7) is 2.20. The van der Waals surface area contributed by atoms with E-state index in [1.54, 1.807) is 0 Å². The number of unbranched alkanes of at least 4 members (excludes halogenated alkanes) is 4. The molecule has 2 heterocycles. The van der Waals surface area contributed by atoms with Crippen LogP contribution in [0, 0.1) is 0 Å². The maximum Gasteiger partial charge on any atom is 0.277 e. The molecule has 0 amide bonds. The van der Waals surface area contributed by atoms with Gasteiger partial charge in [-0.05, 0) is 30.5 Å². The molecule has 1 aromatic carbocycles. The topological polar surface area (TPSA) is 89.1 Å². The zero-order chi connectivity index (χ0) is 18.5. The Bertz CT molecular complexity index is 947. The number of nitrogens with one attached hydrogen (secondary N) is 1. The van der Waals surface area contributed by atoms with Gasteiger partial charge in [0.1, 0.15) is 0 Å². The highest BCUT2D eigenvalue weighted by atomic mass is 35.5. The lowest BCUT2D eigenvalue weighted by molar-refractivity contribution is 0.625. The molecule has 3 aromatic rings. The smallest absolute Gasteiger partial charge is 0.277 e. The van der Waals surface area contributed by atoms with Gasteiger partial charge in [-0.3, -0.25) is 9.89 Å². The normalized spacial score (nSPS) is 11.3. The van der Waals surface area contributed by atoms with Crippen LogP contribution in [0.3, 0.4) is 0 Å². The third kappa shape index (κ3) is 4.25. The molecule has 0 saturated heterocycles. The Morgan fingerprint density at radius 1 is 1.19 bits per heavy atom. The number of aromatic nitrogens is 4. The van der Waals surface area contributed by atoms with Crippen molar-refractivity contribution in [2.24, 2.45) is 0 Å². The van der Waals surface area contributed by atoms with Gasteiger partial charge in [-0.1, -0.05) is 56.3 Å². The molecule has 0 saturated carbocycles. The van der Waals surface area contributed by atoms with Crippen LogP contribution in [0.2, 0.25) is 5.02 Å². The molecule has 0 atom stereocenters. The zero-order valence-corrected chi connectivity index (χ0v) is 15.7. The number of anilines is 1. The maximum atomic E-state index is 13.0. The summed E-state index contributed by atoms with van der Waals surface area (Å²) in [6, 6.07) is 7.55. The summed E-state index contributed by atoms with van der Waals surface area (Å²) in [7, 11) is 0. The Morgan fingerprint density at radius 2 is 2.00 bits per heavy atom. The van der Waals surface area contributed by atoms with E-state index in [0.717, 1.165) is 30.5 Å². The lowest BCUT2D eigenvalue weighted by Gasteiger charge is -2.09. The predicted molar refractivity (Wildman–Crippen MR) is 105 cm³/mol. The second-order valence-electron chi connectivity index (χ2n) is 6.56. The average Bonchev–Trinajstić information content (AvgIpc) is 2.98. The summed E-state index contributed by atoms with van der Waals surface area (Å²) >= 11 is 6.09. The first-order valence-corrected chi connectivity index (χ1v) is 9.46. The molecule has 0 spiro atoms. The highest BCUT2D eigenvalue weighted by molar-refractivity contribution is 6.30. The van der Waals surface area contributed by atoms with Crippen molar-refractivity contribution in [3.63, 3.8) is 0 Å². The molecule has 3 N–H and O–H groups in total. The van der Waals surface area contributed by atoms with Gasteiger partial charge in [0.05, 0.1) is 5.69 Å². The van der Waals surface area contributed by atoms with Crippen LogP contribution in [-0.2, 0) is 12.8 Å². The van der Waals surface area contributed by atoms with Crippen molar-refractivity contribution in [1.29, 1.82) is 0 Å². The van der Waals surface area contributed by atoms with Crippen molar-refractivity contribution >= 4 is 23.3 Å². The lowest BCUT2D eigenvalue weighted by atomic mass is 10.0. The highest BCUT2D eigenvalue weighted by Gasteiger charge is 2.15. The predicted octanol–water partition coefficient (Wildman–Crippen LogP) is 3.76. The quantitative estimate of drug-likeness (QED) is 0.588. The maximum absolute atomic E-state index is 13.0. The standard InChI is InChI=1S/C19H24ClN5O/c1-2-3-4-5-6-10-16-15(12-13-8-7-9-14(20)11-13)17(26)25-19(22-16)23-18(21)24-25/h7-9,11H,2-6,10,12H2,1H3,(H3,21,22,23,24). The Hall–Kier alpha value is -2.34. The molecule has 0 bridgehead atoms. The van der Waals surface area contributed by atoms with Crippen LogP contribution in [0.1, 0.15) is 55.8 Å². The summed E-state index contributed by atoms with van der Waals surface area (Å²) in [4.78, 5) is 21.7. The Labute approximate surface area is 157 Å². The molecule has 2 aromatic heterocycles. The first-order valence-electron chi connectivity index (χ1n) is 9.09. The molecule has 0 aliphatic heterocycles. The summed E-state index contributed by atoms with van der Waals surface area (Å²) < 4.78 is 1.32. The molecular weight excluding hydrogens is 350 g/mol. The van der Waals surface area contributed by atoms with Gasteiger partial charge in [0.2, 0.25) is 5.95 Å². The van der Waals surface area contributed by atoms with Crippen molar-refractivity contribution in [3.8, 4) is 0 Å². The number of H-pyrrole nitrogens is 1. The number of hydrogen-bond donors (Lipinski definition) is 2. The van der Waals surface area contributed by atoms with Crippen LogP contribution >= 0.6 is 11.6 Å². The van der Waals surface area contributed by atoms with E-state index in [-0.39, 0.29) is 11.5 Å². The van der Waals surface area contributed by atoms with E-state index < -0.39 is 0 Å². The highest BCUT2D eigenvalue weighted by Crippen LogP contribution is 2.17. The van der Waals surface area contributed by atoms with E-state index in [1.807, 2.05) is 24.3 Å². The van der Waals surface area contributed by atoms with Crippen LogP contribution in [0.5, 0.6) is 0 Å². The van der Waals surface area contributed by atoms with E-state index >= 15 is 0 Å². The summed E-state index contributed by atoms with van der Waals surface area (Å²) in [5.74, 6) is 0.509. The second kappa shape index (κ2) is 8.36. The molecule has 7 heteroatoms. The molecule has 3 rings (SSSR count). The zero-order valence-electron chi connectivity index (χ0n) is 15.0. The summed E-state index contributed by atoms with van der Waals surface area (Å²) in [6.07, 6.45) is 7.03. The first-order chi connectivity index (χ1) is 12.6. The van der Waals surface area contributed by atoms with Crippen molar-refractivity contribution in [2.75, 3.05) is 5.73 Å². The minimum absolute atomic E-state index is 0.150. The number of aromatic amines is 1. The molecule has 0 aliphatic carbocycles. The number of fused-ring (bicyclic) bond motifs is 1. The molecular formula is C19H24ClN5O. The molecule has 0 fully saturated rings. The minimum atomic E-state index is -0.150. The molecule has 0 unspecified atom stereocenters. The number of halogens is 1. The lowest BCUT2D eigenvalue weighted by Crippen LogP contribution is -2.23. The van der Waals surface area contributed by atoms with Crippen molar-refractivity contribution in [2.45, 2.75) is 51.9 Å². The van der Waals surface area contributed by atoms with Crippen LogP contribution in [0.25, 0.3) is 5.78 Å². The Balaban J connectivity index is 1.93. The molecule has 138 valence electrons. The van der Waals surface area contributed by atoms with Gasteiger partial charge in [0.15, 0.2) is 0 Å². The molecule has 26 heavy (non-hydrogen) atoms. The van der Waals surface area contributed by atoms with E-state index in [4.69, 9.17) is 17.3 Å². The third-order valence-electron chi connectivity index (χ3n) is 4.48. The number of benzene rings is 1. The van der Waals surface area contributed by atoms with Crippen LogP contribution in [0.15, 0.2) is 29.1 Å². The average molecular weight is 374 g/mol. The Kier molecular flexibility index (Phi) is 5.93. The molecule has 6 nitrogen and oxygen atoms in total. The van der Waals surface area contributed by atoms with Crippen molar-refractivity contribution < 1.29 is 0 Å². The van der Waals surface area contributed by atoms with Crippen molar-refractivity contribution in [3.05, 3.63) is 56.5 Å². The van der Waals surface area contributed by atoms with Gasteiger partial charge in [-0.15, -0.1) is 0 Å². The van der Waals surface area contributed by atoms with Gasteiger partial charge >= 0.3 is 0 Å². The number of rotatable bonds is 8. The number of nitrogen functional groups attached to an aromatic ring is 1. The number of aryl methyl sites for hydroxylation is 1. The van der Waals surface area contributed by atoms with Gasteiger partial charge < -0.3 is 5.73 Å². The number of nitrogens with zero attached hydrogens (tertiary/aromatic N) is 3. The fourth-order valence-electron chi connectivity index (χ4n) is 3.14. The summed E-state index contributed by atoms with van der Waals surface area (Å²) in [5, 5.41) is 3.41. The number of nitrogens with two attached hydrogens (primary N) is 1. The van der Waals surface area contributed by atoms with Gasteiger partial charge in [0, 0.05) is 17.0 Å². The van der Waals surface area contributed by atoms with Crippen molar-refractivity contribution in [1.82, 2.24) is 19.6 Å². The van der Waals surface area contributed by atoms with Crippen LogP contribution in [-0.4, -0.2) is 19.6 Å². The van der Waals surface area contributed by atoms with Gasteiger partial charge in [0.25, 0.3) is 11.3 Å². The first kappa shape index (κ1) is 18.5. The van der Waals surface area contributed by atoms with Gasteiger partial charge in [-0.2, -0.15) is 9.50 Å².